The molecule has 5 aromatic carbocycles. The van der Waals surface area contributed by atoms with E-state index in [1.54, 1.807) is 12.4 Å². The number of benzene rings is 5. The quantitative estimate of drug-likeness (QED) is 0.197. The summed E-state index contributed by atoms with van der Waals surface area (Å²) in [5, 5.41) is 4.22. The summed E-state index contributed by atoms with van der Waals surface area (Å²) >= 11 is 0. The van der Waals surface area contributed by atoms with E-state index in [0.717, 1.165) is 99.7 Å². The minimum Gasteiger partial charge on any atom is -0.454 e. The Labute approximate surface area is 271 Å². The number of hydrogen-bond acceptors (Lipinski definition) is 5. The molecule has 0 spiro atoms. The van der Waals surface area contributed by atoms with E-state index < -0.39 is 0 Å². The maximum absolute atomic E-state index is 6.12. The predicted molar refractivity (Wildman–Crippen MR) is 191 cm³/mol. The fourth-order valence-corrected chi connectivity index (χ4v) is 7.30. The van der Waals surface area contributed by atoms with Crippen molar-refractivity contribution in [3.63, 3.8) is 0 Å². The highest BCUT2D eigenvalue weighted by Crippen LogP contribution is 2.38. The molecule has 11 aromatic rings. The number of rotatable bonds is 3. The third-order valence-corrected chi connectivity index (χ3v) is 9.50. The molecule has 0 atom stereocenters. The molecule has 0 N–H and O–H groups in total. The zero-order valence-electron chi connectivity index (χ0n) is 25.3. The van der Waals surface area contributed by atoms with Crippen LogP contribution >= 0.6 is 0 Å². The Morgan fingerprint density at radius 1 is 0.458 bits per heavy atom. The summed E-state index contributed by atoms with van der Waals surface area (Å²) in [6.07, 6.45) is 7.17. The minimum absolute atomic E-state index is 0.780. The lowest BCUT2D eigenvalue weighted by atomic mass is 9.96. The molecular weight excluding hydrogens is 594 g/mol. The minimum atomic E-state index is 0.780. The van der Waals surface area contributed by atoms with Crippen LogP contribution in [0.25, 0.3) is 99.7 Å². The van der Waals surface area contributed by atoms with Gasteiger partial charge in [0.15, 0.2) is 11.2 Å². The maximum atomic E-state index is 6.12. The number of imidazole rings is 2. The van der Waals surface area contributed by atoms with Crippen molar-refractivity contribution in [3.8, 4) is 27.9 Å². The molecule has 0 saturated heterocycles. The third kappa shape index (κ3) is 3.55. The molecule has 0 unspecified atom stereocenters. The van der Waals surface area contributed by atoms with Gasteiger partial charge in [-0.1, -0.05) is 36.4 Å². The van der Waals surface area contributed by atoms with Crippen molar-refractivity contribution in [1.29, 1.82) is 0 Å². The van der Waals surface area contributed by atoms with E-state index in [1.807, 2.05) is 30.6 Å². The first kappa shape index (κ1) is 25.5. The first-order valence-corrected chi connectivity index (χ1v) is 15.8. The summed E-state index contributed by atoms with van der Waals surface area (Å²) in [6.45, 7) is 0. The summed E-state index contributed by atoms with van der Waals surface area (Å²) < 4.78 is 16.8. The van der Waals surface area contributed by atoms with Crippen LogP contribution in [0.5, 0.6) is 0 Å². The molecule has 6 aromatic heterocycles. The van der Waals surface area contributed by atoms with Crippen LogP contribution < -0.4 is 0 Å². The van der Waals surface area contributed by atoms with Gasteiger partial charge in [-0.15, -0.1) is 0 Å². The van der Waals surface area contributed by atoms with Crippen molar-refractivity contribution in [2.24, 2.45) is 0 Å². The fraction of sp³-hybridized carbons (Fsp3) is 0. The molecule has 0 radical (unpaired) electrons. The molecule has 0 amide bonds. The summed E-state index contributed by atoms with van der Waals surface area (Å²) in [7, 11) is 0. The van der Waals surface area contributed by atoms with E-state index in [1.165, 1.54) is 0 Å². The van der Waals surface area contributed by atoms with Crippen molar-refractivity contribution in [1.82, 2.24) is 23.9 Å². The lowest BCUT2D eigenvalue weighted by Gasteiger charge is -2.13. The average molecular weight is 618 g/mol. The Morgan fingerprint density at radius 3 is 1.69 bits per heavy atom. The first-order chi connectivity index (χ1) is 23.8. The first-order valence-electron chi connectivity index (χ1n) is 15.8. The van der Waals surface area contributed by atoms with Gasteiger partial charge in [-0.3, -0.25) is 18.9 Å². The second-order valence-corrected chi connectivity index (χ2v) is 12.2. The Balaban J connectivity index is 1.21. The topological polar surface area (TPSA) is 74.3 Å². The van der Waals surface area contributed by atoms with Gasteiger partial charge in [0.25, 0.3) is 0 Å². The summed E-state index contributed by atoms with van der Waals surface area (Å²) in [4.78, 5) is 13.7. The number of fused-ring (bicyclic) bond motifs is 11. The number of furan rings is 2. The van der Waals surface area contributed by atoms with Gasteiger partial charge in [-0.25, -0.2) is 4.98 Å². The number of para-hydroxylation sites is 4. The van der Waals surface area contributed by atoms with Gasteiger partial charge in [0.1, 0.15) is 11.2 Å². The molecule has 7 heteroatoms. The monoisotopic (exact) mass is 617 g/mol. The second-order valence-electron chi connectivity index (χ2n) is 12.2. The summed E-state index contributed by atoms with van der Waals surface area (Å²) in [6, 6.07) is 40.4. The summed E-state index contributed by atoms with van der Waals surface area (Å²) in [5.74, 6) is 0.869. The second kappa shape index (κ2) is 9.40. The fourth-order valence-electron chi connectivity index (χ4n) is 7.30. The Kier molecular flexibility index (Phi) is 4.99. The normalized spacial score (nSPS) is 12.2. The smallest absolute Gasteiger partial charge is 0.220 e. The lowest BCUT2D eigenvalue weighted by Crippen LogP contribution is -1.97. The molecule has 48 heavy (non-hydrogen) atoms. The Bertz CT molecular complexity index is 2950. The van der Waals surface area contributed by atoms with Gasteiger partial charge < -0.3 is 8.83 Å². The standard InChI is InChI=1S/C41H23N5O2/c1-2-6-34-33(5-1)44-41-45(35-7-3-4-8-36(35)46(34)41)28-18-26(24-9-11-37-31(20-24)29-13-15-42-22-39(29)47-37)17-27(19-28)25-10-12-38-32(21-25)30-14-16-43-23-40(30)48-38/h1-23H. The molecule has 0 aliphatic heterocycles. The van der Waals surface area contributed by atoms with Gasteiger partial charge in [0.05, 0.1) is 40.1 Å². The highest BCUT2D eigenvalue weighted by atomic mass is 16.3. The number of hydrogen-bond donors (Lipinski definition) is 0. The van der Waals surface area contributed by atoms with E-state index >= 15 is 0 Å². The maximum Gasteiger partial charge on any atom is 0.220 e. The number of aromatic nitrogens is 5. The molecular formula is C41H23N5O2. The van der Waals surface area contributed by atoms with Crippen LogP contribution in [0.1, 0.15) is 0 Å². The van der Waals surface area contributed by atoms with Gasteiger partial charge in [0.2, 0.25) is 5.78 Å². The molecule has 0 fully saturated rings. The highest BCUT2D eigenvalue weighted by Gasteiger charge is 2.19. The molecule has 0 bridgehead atoms. The number of pyridine rings is 2. The van der Waals surface area contributed by atoms with Crippen LogP contribution in [-0.2, 0) is 0 Å². The zero-order chi connectivity index (χ0) is 31.3. The number of nitrogens with zero attached hydrogens (tertiary/aromatic N) is 5. The van der Waals surface area contributed by atoms with Crippen molar-refractivity contribution in [3.05, 3.63) is 140 Å². The van der Waals surface area contributed by atoms with E-state index in [2.05, 4.69) is 116 Å². The Morgan fingerprint density at radius 2 is 1.04 bits per heavy atom. The highest BCUT2D eigenvalue weighted by molar-refractivity contribution is 6.07. The van der Waals surface area contributed by atoms with E-state index in [0.29, 0.717) is 0 Å². The van der Waals surface area contributed by atoms with E-state index in [-0.39, 0.29) is 0 Å². The van der Waals surface area contributed by atoms with Crippen molar-refractivity contribution in [2.75, 3.05) is 0 Å². The van der Waals surface area contributed by atoms with Crippen LogP contribution in [0, 0.1) is 0 Å². The molecule has 7 nitrogen and oxygen atoms in total. The van der Waals surface area contributed by atoms with Crippen LogP contribution in [0.4, 0.5) is 0 Å². The summed E-state index contributed by atoms with van der Waals surface area (Å²) in [5.41, 5.74) is 12.8. The largest absolute Gasteiger partial charge is 0.454 e. The SMILES string of the molecule is c1ccc2c(c1)nc1n(-c3cc(-c4ccc5oc6cnccc6c5c4)cc(-c4ccc5oc6cnccc6c5c4)c3)c3ccccc3n21. The molecule has 0 aliphatic carbocycles. The molecule has 224 valence electrons. The van der Waals surface area contributed by atoms with Gasteiger partial charge >= 0.3 is 0 Å². The predicted octanol–water partition coefficient (Wildman–Crippen LogP) is 10.4. The van der Waals surface area contributed by atoms with Gasteiger partial charge in [-0.05, 0) is 101 Å². The van der Waals surface area contributed by atoms with Crippen molar-refractivity contribution >= 4 is 71.7 Å². The molecule has 6 heterocycles. The van der Waals surface area contributed by atoms with E-state index in [4.69, 9.17) is 13.8 Å². The molecule has 0 aliphatic rings. The Hall–Kier alpha value is -6.73. The van der Waals surface area contributed by atoms with Gasteiger partial charge in [0, 0.05) is 33.9 Å². The van der Waals surface area contributed by atoms with Crippen molar-refractivity contribution < 1.29 is 8.83 Å². The molecule has 0 saturated carbocycles. The van der Waals surface area contributed by atoms with Crippen molar-refractivity contribution in [2.45, 2.75) is 0 Å². The van der Waals surface area contributed by atoms with Crippen LogP contribution in [-0.4, -0.2) is 23.9 Å². The lowest BCUT2D eigenvalue weighted by molar-refractivity contribution is 0.666. The average Bonchev–Trinajstić information content (AvgIpc) is 3.89. The van der Waals surface area contributed by atoms with Crippen LogP contribution in [0.3, 0.4) is 0 Å². The van der Waals surface area contributed by atoms with E-state index in [9.17, 15) is 0 Å². The van der Waals surface area contributed by atoms with Crippen LogP contribution in [0.15, 0.2) is 149 Å². The molecule has 11 rings (SSSR count). The van der Waals surface area contributed by atoms with Gasteiger partial charge in [-0.2, -0.15) is 0 Å². The third-order valence-electron chi connectivity index (χ3n) is 9.50. The van der Waals surface area contributed by atoms with Crippen LogP contribution in [0.2, 0.25) is 0 Å². The zero-order valence-corrected chi connectivity index (χ0v) is 25.3.